The van der Waals surface area contributed by atoms with Crippen molar-refractivity contribution < 1.29 is 9.90 Å². The molecule has 5 nitrogen and oxygen atoms in total. The van der Waals surface area contributed by atoms with E-state index in [4.69, 9.17) is 0 Å². The van der Waals surface area contributed by atoms with Crippen LogP contribution in [-0.4, -0.2) is 46.6 Å². The lowest BCUT2D eigenvalue weighted by atomic mass is 10.00. The second-order valence-electron chi connectivity index (χ2n) is 6.18. The van der Waals surface area contributed by atoms with Gasteiger partial charge in [0.15, 0.2) is 0 Å². The summed E-state index contributed by atoms with van der Waals surface area (Å²) in [5.74, 6) is 0.750. The molecule has 0 spiro atoms. The van der Waals surface area contributed by atoms with Crippen molar-refractivity contribution in [3.8, 4) is 0 Å². The number of aliphatic hydroxyl groups excluding tert-OH is 1. The Morgan fingerprint density at radius 3 is 3.00 bits per heavy atom. The van der Waals surface area contributed by atoms with Gasteiger partial charge >= 0.3 is 0 Å². The minimum Gasteiger partial charge on any atom is -0.393 e. The van der Waals surface area contributed by atoms with Gasteiger partial charge in [0, 0.05) is 37.4 Å². The molecule has 1 aliphatic heterocycles. The number of aryl methyl sites for hydroxylation is 1. The number of hydrogen-bond donors (Lipinski definition) is 2. The van der Waals surface area contributed by atoms with Gasteiger partial charge in [-0.1, -0.05) is 0 Å². The molecule has 2 aliphatic rings. The second kappa shape index (κ2) is 5.64. The van der Waals surface area contributed by atoms with Crippen LogP contribution < -0.4 is 5.32 Å². The first kappa shape index (κ1) is 14.3. The van der Waals surface area contributed by atoms with Crippen LogP contribution in [0.2, 0.25) is 0 Å². The lowest BCUT2D eigenvalue weighted by Crippen LogP contribution is -2.31. The van der Waals surface area contributed by atoms with Gasteiger partial charge < -0.3 is 15.3 Å². The van der Waals surface area contributed by atoms with Gasteiger partial charge in [0.05, 0.1) is 17.4 Å². The Morgan fingerprint density at radius 2 is 2.29 bits per heavy atom. The van der Waals surface area contributed by atoms with Crippen molar-refractivity contribution in [1.29, 1.82) is 0 Å². The van der Waals surface area contributed by atoms with Crippen LogP contribution in [0, 0.1) is 18.8 Å². The molecule has 2 N–H and O–H groups in total. The number of fused-ring (bicyclic) bond motifs is 1. The van der Waals surface area contributed by atoms with E-state index in [1.807, 2.05) is 24.8 Å². The molecule has 1 aliphatic carbocycles. The van der Waals surface area contributed by atoms with Crippen LogP contribution in [0.25, 0.3) is 0 Å². The Morgan fingerprint density at radius 1 is 1.48 bits per heavy atom. The molecule has 2 fully saturated rings. The smallest absolute Gasteiger partial charge is 0.257 e. The molecule has 0 bridgehead atoms. The summed E-state index contributed by atoms with van der Waals surface area (Å²) < 4.78 is 0. The van der Waals surface area contributed by atoms with Crippen LogP contribution >= 0.6 is 0 Å². The monoisotopic (exact) mass is 289 g/mol. The summed E-state index contributed by atoms with van der Waals surface area (Å²) in [6, 6.07) is 1.92. The molecule has 1 saturated heterocycles. The number of likely N-dealkylation sites (tertiary alicyclic amines) is 1. The molecule has 1 saturated carbocycles. The largest absolute Gasteiger partial charge is 0.393 e. The van der Waals surface area contributed by atoms with Gasteiger partial charge in [0.2, 0.25) is 0 Å². The molecule has 3 unspecified atom stereocenters. The lowest BCUT2D eigenvalue weighted by molar-refractivity contribution is 0.0753. The molecule has 0 radical (unpaired) electrons. The molecule has 2 heterocycles. The number of amides is 1. The fourth-order valence-corrected chi connectivity index (χ4v) is 3.64. The Bertz CT molecular complexity index is 546. The van der Waals surface area contributed by atoms with Crippen molar-refractivity contribution in [2.45, 2.75) is 32.8 Å². The number of hydrogen-bond acceptors (Lipinski definition) is 4. The second-order valence-corrected chi connectivity index (χ2v) is 6.18. The number of carbonyl (C=O) groups excluding carboxylic acids is 1. The minimum absolute atomic E-state index is 0.0278. The minimum atomic E-state index is -0.239. The zero-order valence-electron chi connectivity index (χ0n) is 12.7. The van der Waals surface area contributed by atoms with E-state index in [-0.39, 0.29) is 17.9 Å². The van der Waals surface area contributed by atoms with E-state index in [0.29, 0.717) is 18.0 Å². The maximum atomic E-state index is 12.8. The molecule has 1 aromatic heterocycles. The SMILES string of the molecule is CCNc1cc(C)ncc1C(=O)N1CC2CCC(O)C2C1. The maximum absolute atomic E-state index is 12.8. The van der Waals surface area contributed by atoms with Gasteiger partial charge in [-0.25, -0.2) is 0 Å². The fourth-order valence-electron chi connectivity index (χ4n) is 3.64. The molecule has 1 aromatic rings. The van der Waals surface area contributed by atoms with Gasteiger partial charge in [0.1, 0.15) is 0 Å². The number of nitrogens with zero attached hydrogens (tertiary/aromatic N) is 2. The zero-order chi connectivity index (χ0) is 15.0. The standard InChI is InChI=1S/C16H23N3O2/c1-3-17-14-6-10(2)18-7-12(14)16(21)19-8-11-4-5-15(20)13(11)9-19/h6-7,11,13,15,20H,3-5,8-9H2,1-2H3,(H,17,18). The molecule has 21 heavy (non-hydrogen) atoms. The van der Waals surface area contributed by atoms with Crippen LogP contribution in [0.3, 0.4) is 0 Å². The highest BCUT2D eigenvalue weighted by Crippen LogP contribution is 2.38. The third-order valence-electron chi connectivity index (χ3n) is 4.74. The Hall–Kier alpha value is -1.62. The van der Waals surface area contributed by atoms with Crippen LogP contribution in [0.15, 0.2) is 12.3 Å². The average molecular weight is 289 g/mol. The average Bonchev–Trinajstić information content (AvgIpc) is 3.01. The normalized spacial score (nSPS) is 27.8. The number of rotatable bonds is 3. The molecule has 1 amide bonds. The Labute approximate surface area is 125 Å². The lowest BCUT2D eigenvalue weighted by Gasteiger charge is -2.20. The first-order valence-electron chi connectivity index (χ1n) is 7.78. The summed E-state index contributed by atoms with van der Waals surface area (Å²) in [6.07, 6.45) is 3.34. The molecule has 3 rings (SSSR count). The van der Waals surface area contributed by atoms with Gasteiger partial charge in [-0.2, -0.15) is 0 Å². The maximum Gasteiger partial charge on any atom is 0.257 e. The van der Waals surface area contributed by atoms with Crippen molar-refractivity contribution in [2.24, 2.45) is 11.8 Å². The van der Waals surface area contributed by atoms with Crippen LogP contribution in [0.1, 0.15) is 35.8 Å². The van der Waals surface area contributed by atoms with Gasteiger partial charge in [0.25, 0.3) is 5.91 Å². The predicted octanol–water partition coefficient (Wildman–Crippen LogP) is 1.66. The van der Waals surface area contributed by atoms with E-state index in [2.05, 4.69) is 10.3 Å². The van der Waals surface area contributed by atoms with Crippen LogP contribution in [0.4, 0.5) is 5.69 Å². The molecular formula is C16H23N3O2. The van der Waals surface area contributed by atoms with Gasteiger partial charge in [-0.15, -0.1) is 0 Å². The summed E-state index contributed by atoms with van der Waals surface area (Å²) in [6.45, 7) is 6.14. The number of aliphatic hydroxyl groups is 1. The highest BCUT2D eigenvalue weighted by Gasteiger charge is 2.43. The number of anilines is 1. The summed E-state index contributed by atoms with van der Waals surface area (Å²) in [5, 5.41) is 13.2. The summed E-state index contributed by atoms with van der Waals surface area (Å²) in [4.78, 5) is 18.9. The van der Waals surface area contributed by atoms with E-state index in [9.17, 15) is 9.90 Å². The molecule has 5 heteroatoms. The molecular weight excluding hydrogens is 266 g/mol. The van der Waals surface area contributed by atoms with E-state index >= 15 is 0 Å². The van der Waals surface area contributed by atoms with Crippen molar-refractivity contribution in [2.75, 3.05) is 25.0 Å². The number of carbonyl (C=O) groups is 1. The third kappa shape index (κ3) is 2.62. The summed E-state index contributed by atoms with van der Waals surface area (Å²) in [5.41, 5.74) is 2.39. The Kier molecular flexibility index (Phi) is 3.85. The van der Waals surface area contributed by atoms with Crippen molar-refractivity contribution in [3.63, 3.8) is 0 Å². The molecule has 3 atom stereocenters. The Balaban J connectivity index is 1.80. The molecule has 0 aromatic carbocycles. The van der Waals surface area contributed by atoms with Crippen molar-refractivity contribution >= 4 is 11.6 Å². The van der Waals surface area contributed by atoms with E-state index in [1.54, 1.807) is 6.20 Å². The van der Waals surface area contributed by atoms with Crippen LogP contribution in [0.5, 0.6) is 0 Å². The third-order valence-corrected chi connectivity index (χ3v) is 4.74. The summed E-state index contributed by atoms with van der Waals surface area (Å²) in [7, 11) is 0. The number of aromatic nitrogens is 1. The molecule has 114 valence electrons. The first-order valence-corrected chi connectivity index (χ1v) is 7.78. The highest BCUT2D eigenvalue weighted by molar-refractivity contribution is 5.99. The zero-order valence-corrected chi connectivity index (χ0v) is 12.7. The first-order chi connectivity index (χ1) is 10.1. The van der Waals surface area contributed by atoms with Gasteiger partial charge in [-0.05, 0) is 38.7 Å². The van der Waals surface area contributed by atoms with Crippen molar-refractivity contribution in [3.05, 3.63) is 23.5 Å². The summed E-state index contributed by atoms with van der Waals surface area (Å²) >= 11 is 0. The predicted molar refractivity (Wildman–Crippen MR) is 81.3 cm³/mol. The fraction of sp³-hybridized carbons (Fsp3) is 0.625. The van der Waals surface area contributed by atoms with E-state index < -0.39 is 0 Å². The highest BCUT2D eigenvalue weighted by atomic mass is 16.3. The van der Waals surface area contributed by atoms with Crippen LogP contribution in [-0.2, 0) is 0 Å². The number of nitrogens with one attached hydrogen (secondary N) is 1. The number of pyridine rings is 1. The topological polar surface area (TPSA) is 65.5 Å². The van der Waals surface area contributed by atoms with E-state index in [1.165, 1.54) is 0 Å². The van der Waals surface area contributed by atoms with Gasteiger partial charge in [-0.3, -0.25) is 9.78 Å². The quantitative estimate of drug-likeness (QED) is 0.888. The van der Waals surface area contributed by atoms with Crippen molar-refractivity contribution in [1.82, 2.24) is 9.88 Å². The van der Waals surface area contributed by atoms with E-state index in [0.717, 1.165) is 37.3 Å².